The van der Waals surface area contributed by atoms with E-state index in [-0.39, 0.29) is 11.4 Å². The van der Waals surface area contributed by atoms with E-state index in [0.717, 1.165) is 17.3 Å². The molecule has 1 saturated heterocycles. The Bertz CT molecular complexity index is 404. The van der Waals surface area contributed by atoms with E-state index >= 15 is 0 Å². The molecule has 2 rings (SSSR count). The van der Waals surface area contributed by atoms with Gasteiger partial charge in [0.25, 0.3) is 5.91 Å². The molecule has 0 bridgehead atoms. The topological polar surface area (TPSA) is 38.3 Å². The number of ether oxygens (including phenoxy) is 1. The number of hydrogen-bond donors (Lipinski definition) is 1. The number of halogens is 2. The van der Waals surface area contributed by atoms with Crippen LogP contribution in [0, 0.1) is 0 Å². The summed E-state index contributed by atoms with van der Waals surface area (Å²) < 4.78 is 6.14. The van der Waals surface area contributed by atoms with Crippen LogP contribution < -0.4 is 5.32 Å². The van der Waals surface area contributed by atoms with Crippen molar-refractivity contribution in [2.75, 3.05) is 19.1 Å². The Balaban J connectivity index is 2.08. The van der Waals surface area contributed by atoms with Gasteiger partial charge in [0.1, 0.15) is 4.88 Å². The van der Waals surface area contributed by atoms with E-state index < -0.39 is 0 Å². The Morgan fingerprint density at radius 1 is 1.59 bits per heavy atom. The first-order valence-electron chi connectivity index (χ1n) is 5.36. The maximum absolute atomic E-state index is 12.1. The predicted molar refractivity (Wildman–Crippen MR) is 73.0 cm³/mol. The van der Waals surface area contributed by atoms with Crippen LogP contribution in [0.2, 0.25) is 0 Å². The number of nitrogens with one attached hydrogen (secondary N) is 1. The zero-order valence-electron chi connectivity index (χ0n) is 9.17. The smallest absolute Gasteiger partial charge is 0.262 e. The summed E-state index contributed by atoms with van der Waals surface area (Å²) in [6.45, 7) is 1.30. The number of carbonyl (C=O) groups excluding carboxylic acids is 1. The zero-order valence-corrected chi connectivity index (χ0v) is 12.3. The van der Waals surface area contributed by atoms with Gasteiger partial charge in [0.2, 0.25) is 0 Å². The minimum Gasteiger partial charge on any atom is -0.381 e. The molecule has 0 aliphatic carbocycles. The second kappa shape index (κ2) is 5.69. The standard InChI is InChI=1S/C11H13BrClNO2S/c12-8-1-6-17-9(8)10(15)14-11(7-13)2-4-16-5-3-11/h1,6H,2-5,7H2,(H,14,15). The van der Waals surface area contributed by atoms with Crippen LogP contribution in [0.4, 0.5) is 0 Å². The highest BCUT2D eigenvalue weighted by molar-refractivity contribution is 9.10. The number of rotatable bonds is 3. The monoisotopic (exact) mass is 337 g/mol. The normalized spacial score (nSPS) is 18.9. The first-order chi connectivity index (χ1) is 8.17. The Hall–Kier alpha value is -0.100. The highest BCUT2D eigenvalue weighted by Crippen LogP contribution is 2.26. The van der Waals surface area contributed by atoms with E-state index in [1.54, 1.807) is 0 Å². The van der Waals surface area contributed by atoms with Gasteiger partial charge in [-0.3, -0.25) is 4.79 Å². The average molecular weight is 339 g/mol. The van der Waals surface area contributed by atoms with Gasteiger partial charge in [-0.15, -0.1) is 22.9 Å². The fraction of sp³-hybridized carbons (Fsp3) is 0.545. The first-order valence-corrected chi connectivity index (χ1v) is 7.57. The fourth-order valence-electron chi connectivity index (χ4n) is 1.81. The molecular formula is C11H13BrClNO2S. The van der Waals surface area contributed by atoms with Crippen LogP contribution in [0.15, 0.2) is 15.9 Å². The lowest BCUT2D eigenvalue weighted by molar-refractivity contribution is 0.0435. The van der Waals surface area contributed by atoms with E-state index in [9.17, 15) is 4.79 Å². The number of carbonyl (C=O) groups is 1. The highest BCUT2D eigenvalue weighted by atomic mass is 79.9. The summed E-state index contributed by atoms with van der Waals surface area (Å²) in [6.07, 6.45) is 1.54. The molecule has 0 unspecified atom stereocenters. The van der Waals surface area contributed by atoms with Crippen molar-refractivity contribution in [1.29, 1.82) is 0 Å². The molecule has 94 valence electrons. The van der Waals surface area contributed by atoms with Crippen LogP contribution in [0.3, 0.4) is 0 Å². The minimum atomic E-state index is -0.319. The van der Waals surface area contributed by atoms with Gasteiger partial charge in [0, 0.05) is 23.6 Å². The Kier molecular flexibility index (Phi) is 4.47. The molecule has 1 aromatic rings. The highest BCUT2D eigenvalue weighted by Gasteiger charge is 2.34. The molecule has 3 nitrogen and oxygen atoms in total. The van der Waals surface area contributed by atoms with Gasteiger partial charge in [-0.05, 0) is 40.2 Å². The summed E-state index contributed by atoms with van der Waals surface area (Å²) in [5, 5.41) is 4.94. The summed E-state index contributed by atoms with van der Waals surface area (Å²) in [7, 11) is 0. The van der Waals surface area contributed by atoms with Crippen LogP contribution in [-0.4, -0.2) is 30.5 Å². The van der Waals surface area contributed by atoms with Crippen molar-refractivity contribution >= 4 is 44.8 Å². The van der Waals surface area contributed by atoms with Gasteiger partial charge in [-0.1, -0.05) is 0 Å². The molecule has 1 aliphatic heterocycles. The van der Waals surface area contributed by atoms with Crippen molar-refractivity contribution in [3.63, 3.8) is 0 Å². The van der Waals surface area contributed by atoms with E-state index in [4.69, 9.17) is 16.3 Å². The molecule has 17 heavy (non-hydrogen) atoms. The summed E-state index contributed by atoms with van der Waals surface area (Å²) in [6, 6.07) is 1.87. The van der Waals surface area contributed by atoms with Gasteiger partial charge in [-0.2, -0.15) is 0 Å². The molecule has 1 N–H and O–H groups in total. The van der Waals surface area contributed by atoms with Crippen molar-refractivity contribution in [3.8, 4) is 0 Å². The summed E-state index contributed by atoms with van der Waals surface area (Å²) in [5.74, 6) is 0.361. The second-order valence-electron chi connectivity index (χ2n) is 4.08. The van der Waals surface area contributed by atoms with Gasteiger partial charge in [0.05, 0.1) is 5.54 Å². The quantitative estimate of drug-likeness (QED) is 0.860. The third-order valence-electron chi connectivity index (χ3n) is 2.91. The van der Waals surface area contributed by atoms with E-state index in [1.807, 2.05) is 11.4 Å². The lowest BCUT2D eigenvalue weighted by atomic mass is 9.92. The molecule has 1 fully saturated rings. The number of thiophene rings is 1. The maximum Gasteiger partial charge on any atom is 0.262 e. The van der Waals surface area contributed by atoms with Crippen LogP contribution in [0.25, 0.3) is 0 Å². The Morgan fingerprint density at radius 2 is 2.29 bits per heavy atom. The summed E-state index contributed by atoms with van der Waals surface area (Å²) >= 11 is 10.8. The third kappa shape index (κ3) is 3.02. The lowest BCUT2D eigenvalue weighted by Crippen LogP contribution is -2.53. The number of alkyl halides is 1. The molecule has 1 amide bonds. The number of amides is 1. The van der Waals surface area contributed by atoms with Crippen LogP contribution in [0.1, 0.15) is 22.5 Å². The molecule has 2 heterocycles. The Morgan fingerprint density at radius 3 is 2.82 bits per heavy atom. The molecule has 1 aromatic heterocycles. The average Bonchev–Trinajstić information content (AvgIpc) is 2.77. The van der Waals surface area contributed by atoms with Gasteiger partial charge >= 0.3 is 0 Å². The van der Waals surface area contributed by atoms with Crippen molar-refractivity contribution in [1.82, 2.24) is 5.32 Å². The second-order valence-corrected chi connectivity index (χ2v) is 6.12. The molecular weight excluding hydrogens is 326 g/mol. The van der Waals surface area contributed by atoms with Crippen molar-refractivity contribution in [3.05, 3.63) is 20.8 Å². The van der Waals surface area contributed by atoms with E-state index in [2.05, 4.69) is 21.2 Å². The maximum atomic E-state index is 12.1. The molecule has 0 spiro atoms. The van der Waals surface area contributed by atoms with Crippen molar-refractivity contribution in [2.24, 2.45) is 0 Å². The first kappa shape index (κ1) is 13.3. The largest absolute Gasteiger partial charge is 0.381 e. The van der Waals surface area contributed by atoms with Crippen molar-refractivity contribution in [2.45, 2.75) is 18.4 Å². The van der Waals surface area contributed by atoms with Gasteiger partial charge in [0.15, 0.2) is 0 Å². The third-order valence-corrected chi connectivity index (χ3v) is 5.26. The van der Waals surface area contributed by atoms with Gasteiger partial charge < -0.3 is 10.1 Å². The van der Waals surface area contributed by atoms with E-state index in [0.29, 0.717) is 24.0 Å². The molecule has 6 heteroatoms. The molecule has 0 saturated carbocycles. The summed E-state index contributed by atoms with van der Waals surface area (Å²) in [4.78, 5) is 12.8. The molecule has 0 aromatic carbocycles. The molecule has 0 radical (unpaired) electrons. The SMILES string of the molecule is O=C(NC1(CCl)CCOCC1)c1sccc1Br. The summed E-state index contributed by atoms with van der Waals surface area (Å²) in [5.41, 5.74) is -0.319. The van der Waals surface area contributed by atoms with Crippen LogP contribution in [-0.2, 0) is 4.74 Å². The fourth-order valence-corrected chi connectivity index (χ4v) is 3.59. The number of hydrogen-bond acceptors (Lipinski definition) is 3. The zero-order chi connectivity index (χ0) is 12.3. The molecule has 1 aliphatic rings. The lowest BCUT2D eigenvalue weighted by Gasteiger charge is -2.36. The Labute approximate surface area is 118 Å². The van der Waals surface area contributed by atoms with Crippen LogP contribution in [0.5, 0.6) is 0 Å². The van der Waals surface area contributed by atoms with Crippen molar-refractivity contribution < 1.29 is 9.53 Å². The molecule has 0 atom stereocenters. The van der Waals surface area contributed by atoms with E-state index in [1.165, 1.54) is 11.3 Å². The van der Waals surface area contributed by atoms with Crippen LogP contribution >= 0.6 is 38.9 Å². The van der Waals surface area contributed by atoms with Gasteiger partial charge in [-0.25, -0.2) is 0 Å². The predicted octanol–water partition coefficient (Wildman–Crippen LogP) is 3.03. The minimum absolute atomic E-state index is 0.0607.